The molecule has 1 amide bonds. The van der Waals surface area contributed by atoms with Gasteiger partial charge in [-0.2, -0.15) is 5.10 Å². The summed E-state index contributed by atoms with van der Waals surface area (Å²) in [6.07, 6.45) is 2.53. The summed E-state index contributed by atoms with van der Waals surface area (Å²) in [5.74, 6) is -0.299. The first-order valence-corrected chi connectivity index (χ1v) is 7.91. The van der Waals surface area contributed by atoms with Crippen molar-refractivity contribution in [2.75, 3.05) is 25.0 Å². The van der Waals surface area contributed by atoms with Gasteiger partial charge in [-0.25, -0.2) is 4.39 Å². The highest BCUT2D eigenvalue weighted by Crippen LogP contribution is 2.27. The molecular formula is C16H21FN6O. The van der Waals surface area contributed by atoms with E-state index >= 15 is 0 Å². The van der Waals surface area contributed by atoms with E-state index in [1.54, 1.807) is 23.0 Å². The highest BCUT2D eigenvalue weighted by Gasteiger charge is 2.27. The third kappa shape index (κ3) is 3.39. The van der Waals surface area contributed by atoms with E-state index in [1.807, 2.05) is 0 Å². The van der Waals surface area contributed by atoms with E-state index in [0.717, 1.165) is 19.5 Å². The van der Waals surface area contributed by atoms with Crippen molar-refractivity contribution in [3.05, 3.63) is 41.8 Å². The molecule has 7 nitrogen and oxygen atoms in total. The van der Waals surface area contributed by atoms with Crippen LogP contribution in [0.25, 0.3) is 0 Å². The largest absolute Gasteiger partial charge is 0.365 e. The van der Waals surface area contributed by atoms with Gasteiger partial charge in [-0.15, -0.1) is 0 Å². The maximum Gasteiger partial charge on any atom is 0.254 e. The number of carbonyl (C=O) groups is 1. The topological polar surface area (TPSA) is 111 Å². The van der Waals surface area contributed by atoms with Gasteiger partial charge in [-0.05, 0) is 43.8 Å². The van der Waals surface area contributed by atoms with Gasteiger partial charge in [0.2, 0.25) is 0 Å². The number of rotatable bonds is 5. The van der Waals surface area contributed by atoms with Gasteiger partial charge in [-0.1, -0.05) is 0 Å². The molecule has 1 aromatic carbocycles. The van der Waals surface area contributed by atoms with E-state index in [2.05, 4.69) is 15.7 Å². The fourth-order valence-corrected chi connectivity index (χ4v) is 3.00. The molecule has 0 spiro atoms. The molecular weight excluding hydrogens is 311 g/mol. The molecule has 0 aliphatic carbocycles. The van der Waals surface area contributed by atoms with E-state index in [9.17, 15) is 9.18 Å². The van der Waals surface area contributed by atoms with Gasteiger partial charge in [0.15, 0.2) is 5.82 Å². The van der Waals surface area contributed by atoms with Crippen LogP contribution in [0.3, 0.4) is 0 Å². The lowest BCUT2D eigenvalue weighted by Gasteiger charge is -2.31. The normalized spacial score (nSPS) is 20.8. The summed E-state index contributed by atoms with van der Waals surface area (Å²) in [6.45, 7) is 2.21. The van der Waals surface area contributed by atoms with Crippen LogP contribution in [0, 0.1) is 11.7 Å². The summed E-state index contributed by atoms with van der Waals surface area (Å²) in [6, 6.07) is 5.93. The Balaban J connectivity index is 1.89. The molecule has 0 radical (unpaired) electrons. The second kappa shape index (κ2) is 6.98. The maximum absolute atomic E-state index is 13.0. The average Bonchev–Trinajstić information content (AvgIpc) is 3.01. The minimum Gasteiger partial charge on any atom is -0.365 e. The number of aromatic nitrogens is 2. The molecule has 1 aliphatic heterocycles. The molecule has 0 unspecified atom stereocenters. The fourth-order valence-electron chi connectivity index (χ4n) is 3.00. The molecule has 3 rings (SSSR count). The summed E-state index contributed by atoms with van der Waals surface area (Å²) in [4.78, 5) is 11.7. The van der Waals surface area contributed by atoms with Crippen LogP contribution in [0.15, 0.2) is 30.5 Å². The smallest absolute Gasteiger partial charge is 0.254 e. The SMILES string of the molecule is NC[C@@H]1CNCC[C@H]1n1cc(C(N)=O)c(Nc2ccc(F)cc2)n1. The lowest BCUT2D eigenvalue weighted by molar-refractivity contribution is 0.100. The summed E-state index contributed by atoms with van der Waals surface area (Å²) < 4.78 is 14.8. The maximum atomic E-state index is 13.0. The molecule has 2 aromatic rings. The Hall–Kier alpha value is -2.45. The number of carbonyl (C=O) groups excluding carboxylic acids is 1. The molecule has 0 bridgehead atoms. The Kier molecular flexibility index (Phi) is 4.77. The predicted molar refractivity (Wildman–Crippen MR) is 89.5 cm³/mol. The van der Waals surface area contributed by atoms with Gasteiger partial charge in [-0.3, -0.25) is 9.48 Å². The Bertz CT molecular complexity index is 714. The van der Waals surface area contributed by atoms with Crippen LogP contribution in [0.5, 0.6) is 0 Å². The molecule has 8 heteroatoms. The van der Waals surface area contributed by atoms with Crippen molar-refractivity contribution in [2.45, 2.75) is 12.5 Å². The van der Waals surface area contributed by atoms with E-state index in [4.69, 9.17) is 11.5 Å². The van der Waals surface area contributed by atoms with Gasteiger partial charge >= 0.3 is 0 Å². The minimum atomic E-state index is -0.566. The molecule has 2 heterocycles. The Morgan fingerprint density at radius 2 is 2.17 bits per heavy atom. The molecule has 1 fully saturated rings. The first-order chi connectivity index (χ1) is 11.6. The number of primary amides is 1. The number of nitrogens with one attached hydrogen (secondary N) is 2. The Labute approximate surface area is 139 Å². The lowest BCUT2D eigenvalue weighted by atomic mass is 9.94. The molecule has 1 aromatic heterocycles. The van der Waals surface area contributed by atoms with Crippen LogP contribution in [0.2, 0.25) is 0 Å². The zero-order valence-corrected chi connectivity index (χ0v) is 13.2. The Morgan fingerprint density at radius 1 is 1.42 bits per heavy atom. The lowest BCUT2D eigenvalue weighted by Crippen LogP contribution is -2.41. The van der Waals surface area contributed by atoms with Crippen molar-refractivity contribution >= 4 is 17.4 Å². The van der Waals surface area contributed by atoms with Gasteiger partial charge < -0.3 is 22.1 Å². The number of amides is 1. The van der Waals surface area contributed by atoms with Gasteiger partial charge in [0.05, 0.1) is 6.04 Å². The average molecular weight is 332 g/mol. The third-order valence-corrected chi connectivity index (χ3v) is 4.31. The van der Waals surface area contributed by atoms with Crippen molar-refractivity contribution in [1.82, 2.24) is 15.1 Å². The van der Waals surface area contributed by atoms with Gasteiger partial charge in [0.25, 0.3) is 5.91 Å². The van der Waals surface area contributed by atoms with Crippen LogP contribution in [-0.4, -0.2) is 35.3 Å². The van der Waals surface area contributed by atoms with Crippen LogP contribution >= 0.6 is 0 Å². The first-order valence-electron chi connectivity index (χ1n) is 7.91. The number of nitrogens with two attached hydrogens (primary N) is 2. The van der Waals surface area contributed by atoms with Crippen molar-refractivity contribution < 1.29 is 9.18 Å². The zero-order chi connectivity index (χ0) is 17.1. The number of piperidine rings is 1. The van der Waals surface area contributed by atoms with Crippen LogP contribution in [0.4, 0.5) is 15.9 Å². The highest BCUT2D eigenvalue weighted by atomic mass is 19.1. The number of anilines is 2. The number of nitrogens with zero attached hydrogens (tertiary/aromatic N) is 2. The van der Waals surface area contributed by atoms with Crippen LogP contribution in [0.1, 0.15) is 22.8 Å². The van der Waals surface area contributed by atoms with E-state index < -0.39 is 5.91 Å². The predicted octanol–water partition coefficient (Wildman–Crippen LogP) is 0.974. The number of hydrogen-bond donors (Lipinski definition) is 4. The van der Waals surface area contributed by atoms with Crippen molar-refractivity contribution in [3.8, 4) is 0 Å². The first kappa shape index (κ1) is 16.4. The third-order valence-electron chi connectivity index (χ3n) is 4.31. The number of hydrogen-bond acceptors (Lipinski definition) is 5. The van der Waals surface area contributed by atoms with E-state index in [0.29, 0.717) is 23.6 Å². The van der Waals surface area contributed by atoms with Crippen molar-refractivity contribution in [3.63, 3.8) is 0 Å². The quantitative estimate of drug-likeness (QED) is 0.652. The Morgan fingerprint density at radius 3 is 2.83 bits per heavy atom. The summed E-state index contributed by atoms with van der Waals surface area (Å²) in [5, 5.41) is 10.8. The van der Waals surface area contributed by atoms with Crippen LogP contribution in [-0.2, 0) is 0 Å². The number of benzene rings is 1. The minimum absolute atomic E-state index is 0.109. The molecule has 1 aliphatic rings. The molecule has 24 heavy (non-hydrogen) atoms. The fraction of sp³-hybridized carbons (Fsp3) is 0.375. The summed E-state index contributed by atoms with van der Waals surface area (Å²) in [5.41, 5.74) is 12.3. The second-order valence-electron chi connectivity index (χ2n) is 5.92. The highest BCUT2D eigenvalue weighted by molar-refractivity contribution is 5.98. The van der Waals surface area contributed by atoms with Gasteiger partial charge in [0.1, 0.15) is 11.4 Å². The molecule has 2 atom stereocenters. The monoisotopic (exact) mass is 332 g/mol. The zero-order valence-electron chi connectivity index (χ0n) is 13.2. The molecule has 128 valence electrons. The molecule has 1 saturated heterocycles. The standard InChI is InChI=1S/C16H21FN6O/c17-11-1-3-12(4-2-11)21-16-13(15(19)24)9-23(22-16)14-5-6-20-8-10(14)7-18/h1-4,9-10,14,20H,5-8,18H2,(H2,19,24)(H,21,22)/t10-,14-/m1/s1. The molecule has 6 N–H and O–H groups in total. The summed E-state index contributed by atoms with van der Waals surface area (Å²) >= 11 is 0. The van der Waals surface area contributed by atoms with E-state index in [1.165, 1.54) is 12.1 Å². The van der Waals surface area contributed by atoms with Crippen LogP contribution < -0.4 is 22.1 Å². The van der Waals surface area contributed by atoms with Crippen molar-refractivity contribution in [2.24, 2.45) is 17.4 Å². The number of halogens is 1. The second-order valence-corrected chi connectivity index (χ2v) is 5.92. The van der Waals surface area contributed by atoms with Gasteiger partial charge in [0, 0.05) is 24.3 Å². The molecule has 0 saturated carbocycles. The summed E-state index contributed by atoms with van der Waals surface area (Å²) in [7, 11) is 0. The van der Waals surface area contributed by atoms with E-state index in [-0.39, 0.29) is 17.8 Å². The van der Waals surface area contributed by atoms with Crippen molar-refractivity contribution in [1.29, 1.82) is 0 Å².